The predicted molar refractivity (Wildman–Crippen MR) is 92.0 cm³/mol. The number of fused-ring (bicyclic) bond motifs is 1. The number of amides is 1. The van der Waals surface area contributed by atoms with Crippen molar-refractivity contribution in [1.82, 2.24) is 14.9 Å². The van der Waals surface area contributed by atoms with Crippen molar-refractivity contribution >= 4 is 17.7 Å². The van der Waals surface area contributed by atoms with E-state index in [4.69, 9.17) is 4.74 Å². The molecule has 0 aliphatic carbocycles. The molecule has 6 nitrogen and oxygen atoms in total. The molecule has 2 aromatic rings. The van der Waals surface area contributed by atoms with Crippen LogP contribution in [0.1, 0.15) is 32.0 Å². The molecule has 0 bridgehead atoms. The number of nitrogens with one attached hydrogen (secondary N) is 1. The molecular formula is C18H20F2N4O2. The van der Waals surface area contributed by atoms with E-state index in [-0.39, 0.29) is 17.7 Å². The maximum atomic E-state index is 13.7. The number of aromatic nitrogens is 2. The average molecular weight is 362 g/mol. The minimum absolute atomic E-state index is 0.0949. The van der Waals surface area contributed by atoms with Crippen LogP contribution in [-0.2, 0) is 17.7 Å². The summed E-state index contributed by atoms with van der Waals surface area (Å²) in [5.41, 5.74) is 1.13. The molecule has 1 amide bonds. The summed E-state index contributed by atoms with van der Waals surface area (Å²) in [6.07, 6.45) is 1.76. The number of halogens is 2. The number of rotatable bonds is 2. The van der Waals surface area contributed by atoms with Crippen molar-refractivity contribution < 1.29 is 18.3 Å². The minimum atomic E-state index is -0.720. The number of nitrogens with zero attached hydrogens (tertiary/aromatic N) is 3. The van der Waals surface area contributed by atoms with E-state index >= 15 is 0 Å². The van der Waals surface area contributed by atoms with E-state index in [0.717, 1.165) is 23.4 Å². The summed E-state index contributed by atoms with van der Waals surface area (Å²) in [5, 5.41) is 2.75. The van der Waals surface area contributed by atoms with Gasteiger partial charge in [0, 0.05) is 30.8 Å². The zero-order chi connectivity index (χ0) is 18.9. The van der Waals surface area contributed by atoms with Crippen LogP contribution in [-0.4, -0.2) is 33.1 Å². The van der Waals surface area contributed by atoms with Crippen LogP contribution in [0.25, 0.3) is 0 Å². The lowest BCUT2D eigenvalue weighted by atomic mass is 10.1. The molecule has 1 aliphatic rings. The molecule has 138 valence electrons. The Balaban J connectivity index is 1.72. The molecule has 26 heavy (non-hydrogen) atoms. The Bertz CT molecular complexity index is 836. The van der Waals surface area contributed by atoms with E-state index in [0.29, 0.717) is 19.5 Å². The van der Waals surface area contributed by atoms with Crippen LogP contribution in [0.5, 0.6) is 0 Å². The van der Waals surface area contributed by atoms with Crippen LogP contribution in [0, 0.1) is 11.6 Å². The number of carbonyl (C=O) groups is 1. The van der Waals surface area contributed by atoms with Gasteiger partial charge in [-0.3, -0.25) is 0 Å². The Labute approximate surface area is 150 Å². The van der Waals surface area contributed by atoms with Gasteiger partial charge in [-0.1, -0.05) is 0 Å². The molecule has 8 heteroatoms. The lowest BCUT2D eigenvalue weighted by Gasteiger charge is -2.30. The number of benzene rings is 1. The highest BCUT2D eigenvalue weighted by molar-refractivity contribution is 5.68. The summed E-state index contributed by atoms with van der Waals surface area (Å²) in [6, 6.07) is 3.24. The Hall–Kier alpha value is -2.77. The van der Waals surface area contributed by atoms with E-state index < -0.39 is 17.2 Å². The third-order valence-electron chi connectivity index (χ3n) is 3.76. The number of hydrogen-bond acceptors (Lipinski definition) is 5. The van der Waals surface area contributed by atoms with Gasteiger partial charge in [-0.05, 0) is 32.9 Å². The van der Waals surface area contributed by atoms with Crippen LogP contribution >= 0.6 is 0 Å². The van der Waals surface area contributed by atoms with Gasteiger partial charge in [-0.15, -0.1) is 0 Å². The SMILES string of the molecule is CC(C)(C)OC(=O)N1CCc2nc(Nc3ccc(F)cc3F)ncc2C1. The van der Waals surface area contributed by atoms with Crippen molar-refractivity contribution in [1.29, 1.82) is 0 Å². The number of hydrogen-bond donors (Lipinski definition) is 1. The second-order valence-electron chi connectivity index (χ2n) is 7.07. The Morgan fingerprint density at radius 2 is 2.08 bits per heavy atom. The molecule has 1 aromatic carbocycles. The third-order valence-corrected chi connectivity index (χ3v) is 3.76. The molecule has 0 spiro atoms. The van der Waals surface area contributed by atoms with Crippen LogP contribution in [0.2, 0.25) is 0 Å². The van der Waals surface area contributed by atoms with Gasteiger partial charge in [-0.2, -0.15) is 0 Å². The molecule has 0 atom stereocenters. The largest absolute Gasteiger partial charge is 0.444 e. The highest BCUT2D eigenvalue weighted by Crippen LogP contribution is 2.22. The third kappa shape index (κ3) is 4.25. The molecule has 0 unspecified atom stereocenters. The first kappa shape index (κ1) is 18.0. The summed E-state index contributed by atoms with van der Waals surface area (Å²) in [4.78, 5) is 22.3. The van der Waals surface area contributed by atoms with Gasteiger partial charge in [-0.25, -0.2) is 23.5 Å². The lowest BCUT2D eigenvalue weighted by Crippen LogP contribution is -2.40. The summed E-state index contributed by atoms with van der Waals surface area (Å²) in [5.74, 6) is -1.15. The van der Waals surface area contributed by atoms with Gasteiger partial charge < -0.3 is 15.0 Å². The quantitative estimate of drug-likeness (QED) is 0.880. The predicted octanol–water partition coefficient (Wildman–Crippen LogP) is 3.79. The molecule has 1 aliphatic heterocycles. The molecular weight excluding hydrogens is 342 g/mol. The van der Waals surface area contributed by atoms with Gasteiger partial charge in [0.2, 0.25) is 5.95 Å². The fourth-order valence-electron chi connectivity index (χ4n) is 2.57. The number of anilines is 2. The van der Waals surface area contributed by atoms with Crippen LogP contribution < -0.4 is 5.32 Å². The Kier molecular flexibility index (Phi) is 4.76. The van der Waals surface area contributed by atoms with Crippen molar-refractivity contribution in [2.75, 3.05) is 11.9 Å². The normalized spacial score (nSPS) is 14.0. The first-order valence-corrected chi connectivity index (χ1v) is 8.26. The first-order chi connectivity index (χ1) is 12.2. The molecule has 0 fully saturated rings. The van der Waals surface area contributed by atoms with E-state index in [9.17, 15) is 13.6 Å². The number of carbonyl (C=O) groups excluding carboxylic acids is 1. The summed E-state index contributed by atoms with van der Waals surface area (Å²) >= 11 is 0. The molecule has 0 saturated carbocycles. The van der Waals surface area contributed by atoms with E-state index in [1.54, 1.807) is 11.1 Å². The maximum absolute atomic E-state index is 13.7. The van der Waals surface area contributed by atoms with Crippen LogP contribution in [0.4, 0.5) is 25.2 Å². The summed E-state index contributed by atoms with van der Waals surface area (Å²) in [6.45, 7) is 6.29. The van der Waals surface area contributed by atoms with Gasteiger partial charge in [0.05, 0.1) is 17.9 Å². The highest BCUT2D eigenvalue weighted by Gasteiger charge is 2.26. The lowest BCUT2D eigenvalue weighted by molar-refractivity contribution is 0.0222. The van der Waals surface area contributed by atoms with Crippen molar-refractivity contribution in [3.63, 3.8) is 0 Å². The van der Waals surface area contributed by atoms with Crippen LogP contribution in [0.15, 0.2) is 24.4 Å². The molecule has 0 radical (unpaired) electrons. The van der Waals surface area contributed by atoms with Crippen LogP contribution in [0.3, 0.4) is 0 Å². The average Bonchev–Trinajstić information content (AvgIpc) is 2.55. The molecule has 3 rings (SSSR count). The molecule has 0 saturated heterocycles. The zero-order valence-electron chi connectivity index (χ0n) is 14.8. The van der Waals surface area contributed by atoms with E-state index in [2.05, 4.69) is 15.3 Å². The highest BCUT2D eigenvalue weighted by atomic mass is 19.1. The zero-order valence-corrected chi connectivity index (χ0v) is 14.8. The van der Waals surface area contributed by atoms with E-state index in [1.165, 1.54) is 6.07 Å². The maximum Gasteiger partial charge on any atom is 0.410 e. The van der Waals surface area contributed by atoms with Crippen molar-refractivity contribution in [3.05, 3.63) is 47.3 Å². The minimum Gasteiger partial charge on any atom is -0.444 e. The first-order valence-electron chi connectivity index (χ1n) is 8.26. The monoisotopic (exact) mass is 362 g/mol. The van der Waals surface area contributed by atoms with E-state index in [1.807, 2.05) is 20.8 Å². The Morgan fingerprint density at radius 3 is 2.77 bits per heavy atom. The molecule has 1 N–H and O–H groups in total. The smallest absolute Gasteiger partial charge is 0.410 e. The van der Waals surface area contributed by atoms with Crippen molar-refractivity contribution in [2.45, 2.75) is 39.3 Å². The fourth-order valence-corrected chi connectivity index (χ4v) is 2.57. The summed E-state index contributed by atoms with van der Waals surface area (Å²) < 4.78 is 32.1. The second-order valence-corrected chi connectivity index (χ2v) is 7.07. The molecule has 2 heterocycles. The van der Waals surface area contributed by atoms with Crippen molar-refractivity contribution in [3.8, 4) is 0 Å². The topological polar surface area (TPSA) is 67.3 Å². The van der Waals surface area contributed by atoms with Gasteiger partial charge in [0.1, 0.15) is 17.2 Å². The molecule has 1 aromatic heterocycles. The van der Waals surface area contributed by atoms with Gasteiger partial charge in [0.15, 0.2) is 0 Å². The second kappa shape index (κ2) is 6.86. The standard InChI is InChI=1S/C18H20F2N4O2/c1-18(2,3)26-17(25)24-7-6-14-11(10-24)9-21-16(22-14)23-15-5-4-12(19)8-13(15)20/h4-5,8-9H,6-7,10H2,1-3H3,(H,21,22,23). The van der Waals surface area contributed by atoms with Gasteiger partial charge in [0.25, 0.3) is 0 Å². The fraction of sp³-hybridized carbons (Fsp3) is 0.389. The Morgan fingerprint density at radius 1 is 1.31 bits per heavy atom. The summed E-state index contributed by atoms with van der Waals surface area (Å²) in [7, 11) is 0. The number of ether oxygens (including phenoxy) is 1. The van der Waals surface area contributed by atoms with Crippen molar-refractivity contribution in [2.24, 2.45) is 0 Å². The van der Waals surface area contributed by atoms with Gasteiger partial charge >= 0.3 is 6.09 Å².